The van der Waals surface area contributed by atoms with Gasteiger partial charge in [-0.25, -0.2) is 0 Å². The average molecular weight is 322 g/mol. The quantitative estimate of drug-likeness (QED) is 0.810. The molecule has 0 spiro atoms. The summed E-state index contributed by atoms with van der Waals surface area (Å²) < 4.78 is 10.6. The predicted molar refractivity (Wildman–Crippen MR) is 85.8 cm³/mol. The fourth-order valence-electron chi connectivity index (χ4n) is 2.77. The van der Waals surface area contributed by atoms with Crippen LogP contribution in [0.1, 0.15) is 12.8 Å². The molecule has 1 aliphatic heterocycles. The Bertz CT molecular complexity index is 572. The number of thiophene rings is 1. The van der Waals surface area contributed by atoms with Gasteiger partial charge in [0.2, 0.25) is 11.7 Å². The Kier molecular flexibility index (Phi) is 5.20. The molecule has 1 fully saturated rings. The first-order chi connectivity index (χ1) is 10.8. The largest absolute Gasteiger partial charge is 0.383 e. The summed E-state index contributed by atoms with van der Waals surface area (Å²) in [5, 5.41) is 8.12. The number of piperazine rings is 1. The molecule has 0 bridgehead atoms. The summed E-state index contributed by atoms with van der Waals surface area (Å²) >= 11 is 1.64. The first kappa shape index (κ1) is 15.6. The summed E-state index contributed by atoms with van der Waals surface area (Å²) in [4.78, 5) is 9.33. The Morgan fingerprint density at radius 2 is 2.36 bits per heavy atom. The maximum Gasteiger partial charge on any atom is 0.241 e. The van der Waals surface area contributed by atoms with Crippen LogP contribution in [-0.4, -0.2) is 65.9 Å². The van der Waals surface area contributed by atoms with Gasteiger partial charge in [0.25, 0.3) is 0 Å². The van der Waals surface area contributed by atoms with E-state index in [2.05, 4.69) is 26.9 Å². The Hall–Kier alpha value is -1.28. The Morgan fingerprint density at radius 3 is 3.09 bits per heavy atom. The summed E-state index contributed by atoms with van der Waals surface area (Å²) in [5.41, 5.74) is 1.03. The first-order valence-electron chi connectivity index (χ1n) is 7.57. The molecule has 0 amide bonds. The molecule has 0 aliphatic carbocycles. The molecule has 3 rings (SSSR count). The summed E-state index contributed by atoms with van der Waals surface area (Å²) in [5.74, 6) is 1.38. The molecule has 22 heavy (non-hydrogen) atoms. The fourth-order valence-corrected chi connectivity index (χ4v) is 3.41. The van der Waals surface area contributed by atoms with Crippen molar-refractivity contribution in [3.05, 3.63) is 22.7 Å². The van der Waals surface area contributed by atoms with Gasteiger partial charge in [0.15, 0.2) is 0 Å². The van der Waals surface area contributed by atoms with E-state index < -0.39 is 0 Å². The van der Waals surface area contributed by atoms with E-state index in [-0.39, 0.29) is 0 Å². The Labute approximate surface area is 134 Å². The lowest BCUT2D eigenvalue weighted by atomic mass is 10.2. The van der Waals surface area contributed by atoms with Gasteiger partial charge in [0.05, 0.1) is 13.2 Å². The molecular formula is C15H22N4O2S. The van der Waals surface area contributed by atoms with Crippen molar-refractivity contribution in [3.63, 3.8) is 0 Å². The summed E-state index contributed by atoms with van der Waals surface area (Å²) in [6.07, 6.45) is 0. The van der Waals surface area contributed by atoms with E-state index in [9.17, 15) is 0 Å². The van der Waals surface area contributed by atoms with Crippen LogP contribution in [0.15, 0.2) is 21.3 Å². The lowest BCUT2D eigenvalue weighted by molar-refractivity contribution is 0.0512. The van der Waals surface area contributed by atoms with E-state index in [1.807, 2.05) is 16.8 Å². The maximum absolute atomic E-state index is 5.39. The molecule has 0 N–H and O–H groups in total. The number of ether oxygens (including phenoxy) is 1. The second-order valence-corrected chi connectivity index (χ2v) is 6.42. The highest BCUT2D eigenvalue weighted by Gasteiger charge is 2.24. The number of hydrogen-bond donors (Lipinski definition) is 0. The van der Waals surface area contributed by atoms with Crippen LogP contribution in [0.25, 0.3) is 11.4 Å². The third-order valence-electron chi connectivity index (χ3n) is 4.04. The van der Waals surface area contributed by atoms with Gasteiger partial charge in [0.1, 0.15) is 0 Å². The van der Waals surface area contributed by atoms with Crippen molar-refractivity contribution in [3.8, 4) is 11.4 Å². The Morgan fingerprint density at radius 1 is 1.45 bits per heavy atom. The predicted octanol–water partition coefficient (Wildman–Crippen LogP) is 1.95. The van der Waals surface area contributed by atoms with E-state index in [1.54, 1.807) is 18.4 Å². The molecule has 0 saturated carbocycles. The third kappa shape index (κ3) is 3.73. The lowest BCUT2D eigenvalue weighted by Gasteiger charge is -2.39. The van der Waals surface area contributed by atoms with Gasteiger partial charge in [-0.1, -0.05) is 5.16 Å². The van der Waals surface area contributed by atoms with Crippen molar-refractivity contribution >= 4 is 11.3 Å². The summed E-state index contributed by atoms with van der Waals surface area (Å²) in [6.45, 7) is 7.85. The third-order valence-corrected chi connectivity index (χ3v) is 4.72. The van der Waals surface area contributed by atoms with Crippen LogP contribution in [0.4, 0.5) is 0 Å². The average Bonchev–Trinajstić information content (AvgIpc) is 3.17. The van der Waals surface area contributed by atoms with E-state index in [1.165, 1.54) is 0 Å². The second-order valence-electron chi connectivity index (χ2n) is 5.64. The standard InChI is InChI=1S/C15H22N4O2S/c1-12-9-18(4-5-19(12)6-7-20-2)10-14-16-15(17-21-14)13-3-8-22-11-13/h3,8,11-12H,4-7,9-10H2,1-2H3/t12-/m0/s1. The Balaban J connectivity index is 1.54. The first-order valence-corrected chi connectivity index (χ1v) is 8.51. The minimum Gasteiger partial charge on any atom is -0.383 e. The van der Waals surface area contributed by atoms with Gasteiger partial charge < -0.3 is 9.26 Å². The molecule has 1 saturated heterocycles. The monoisotopic (exact) mass is 322 g/mol. The van der Waals surface area contributed by atoms with Crippen molar-refractivity contribution in [1.82, 2.24) is 19.9 Å². The van der Waals surface area contributed by atoms with Gasteiger partial charge in [-0.15, -0.1) is 0 Å². The second kappa shape index (κ2) is 7.32. The van der Waals surface area contributed by atoms with E-state index in [0.717, 1.165) is 44.9 Å². The highest BCUT2D eigenvalue weighted by Crippen LogP contribution is 2.19. The highest BCUT2D eigenvalue weighted by atomic mass is 32.1. The molecule has 0 aromatic carbocycles. The number of nitrogens with zero attached hydrogens (tertiary/aromatic N) is 4. The lowest BCUT2D eigenvalue weighted by Crippen LogP contribution is -2.52. The molecule has 3 heterocycles. The zero-order valence-corrected chi connectivity index (χ0v) is 13.9. The van der Waals surface area contributed by atoms with Crippen molar-refractivity contribution < 1.29 is 9.26 Å². The maximum atomic E-state index is 5.39. The zero-order valence-electron chi connectivity index (χ0n) is 13.1. The normalized spacial score (nSPS) is 20.5. The zero-order chi connectivity index (χ0) is 15.4. The number of aromatic nitrogens is 2. The molecule has 6 nitrogen and oxygen atoms in total. The van der Waals surface area contributed by atoms with Crippen LogP contribution < -0.4 is 0 Å². The van der Waals surface area contributed by atoms with Gasteiger partial charge >= 0.3 is 0 Å². The van der Waals surface area contributed by atoms with Crippen LogP contribution in [0.3, 0.4) is 0 Å². The number of methoxy groups -OCH3 is 1. The number of rotatable bonds is 6. The van der Waals surface area contributed by atoms with Crippen LogP contribution >= 0.6 is 11.3 Å². The highest BCUT2D eigenvalue weighted by molar-refractivity contribution is 7.08. The van der Waals surface area contributed by atoms with Crippen molar-refractivity contribution in [1.29, 1.82) is 0 Å². The molecule has 120 valence electrons. The molecular weight excluding hydrogens is 300 g/mol. The molecule has 0 radical (unpaired) electrons. The molecule has 1 aliphatic rings. The minimum atomic E-state index is 0.517. The van der Waals surface area contributed by atoms with E-state index in [4.69, 9.17) is 9.26 Å². The van der Waals surface area contributed by atoms with Crippen molar-refractivity contribution in [2.75, 3.05) is 39.9 Å². The molecule has 0 unspecified atom stereocenters. The van der Waals surface area contributed by atoms with E-state index >= 15 is 0 Å². The van der Waals surface area contributed by atoms with Crippen molar-refractivity contribution in [2.24, 2.45) is 0 Å². The van der Waals surface area contributed by atoms with Gasteiger partial charge in [-0.05, 0) is 18.4 Å². The summed E-state index contributed by atoms with van der Waals surface area (Å²) in [6, 6.07) is 2.53. The smallest absolute Gasteiger partial charge is 0.241 e. The van der Waals surface area contributed by atoms with Crippen LogP contribution in [0.5, 0.6) is 0 Å². The van der Waals surface area contributed by atoms with Gasteiger partial charge in [-0.3, -0.25) is 9.80 Å². The van der Waals surface area contributed by atoms with Gasteiger partial charge in [-0.2, -0.15) is 16.3 Å². The molecule has 2 aromatic rings. The van der Waals surface area contributed by atoms with Crippen molar-refractivity contribution in [2.45, 2.75) is 19.5 Å². The van der Waals surface area contributed by atoms with Crippen LogP contribution in [0.2, 0.25) is 0 Å². The van der Waals surface area contributed by atoms with Gasteiger partial charge in [0, 0.05) is 50.3 Å². The minimum absolute atomic E-state index is 0.517. The fraction of sp³-hybridized carbons (Fsp3) is 0.600. The number of hydrogen-bond acceptors (Lipinski definition) is 7. The molecule has 2 aromatic heterocycles. The SMILES string of the molecule is COCCN1CCN(Cc2nc(-c3ccsc3)no2)C[C@@H]1C. The van der Waals surface area contributed by atoms with Crippen LogP contribution in [-0.2, 0) is 11.3 Å². The topological polar surface area (TPSA) is 54.6 Å². The van der Waals surface area contributed by atoms with Crippen LogP contribution in [0, 0.1) is 0 Å². The summed E-state index contributed by atoms with van der Waals surface area (Å²) in [7, 11) is 1.75. The molecule has 1 atom stereocenters. The molecule has 7 heteroatoms. The van der Waals surface area contributed by atoms with E-state index in [0.29, 0.717) is 17.8 Å².